The first kappa shape index (κ1) is 26.3. The second kappa shape index (κ2) is 9.59. The third-order valence-electron chi connectivity index (χ3n) is 6.96. The molecule has 0 bridgehead atoms. The topological polar surface area (TPSA) is 59.6 Å². The predicted molar refractivity (Wildman–Crippen MR) is 118 cm³/mol. The van der Waals surface area contributed by atoms with Gasteiger partial charge in [-0.05, 0) is 49.1 Å². The Labute approximate surface area is 204 Å². The van der Waals surface area contributed by atoms with Crippen LogP contribution in [0, 0.1) is 0 Å². The van der Waals surface area contributed by atoms with Gasteiger partial charge in [-0.2, -0.15) is 26.3 Å². The molecule has 2 aliphatic heterocycles. The largest absolute Gasteiger partial charge is 0.449 e. The fraction of sp³-hybridized carbons (Fsp3) is 0.480. The first-order valence-electron chi connectivity index (χ1n) is 11.5. The maximum absolute atomic E-state index is 13.3. The minimum atomic E-state index is -4.94. The second-order valence-electron chi connectivity index (χ2n) is 9.39. The average Bonchev–Trinajstić information content (AvgIpc) is 2.83. The molecule has 3 unspecified atom stereocenters. The molecule has 2 heterocycles. The van der Waals surface area contributed by atoms with Gasteiger partial charge in [0.05, 0.1) is 41.5 Å². The van der Waals surface area contributed by atoms with Gasteiger partial charge < -0.3 is 20.1 Å². The van der Waals surface area contributed by atoms with Gasteiger partial charge in [-0.1, -0.05) is 30.3 Å². The third kappa shape index (κ3) is 5.62. The summed E-state index contributed by atoms with van der Waals surface area (Å²) in [5.41, 5.74) is -3.36. The number of benzene rings is 2. The maximum atomic E-state index is 13.3. The van der Waals surface area contributed by atoms with E-state index in [9.17, 15) is 31.1 Å². The summed E-state index contributed by atoms with van der Waals surface area (Å²) in [5, 5.41) is 6.33. The van der Waals surface area contributed by atoms with E-state index in [1.54, 1.807) is 0 Å². The van der Waals surface area contributed by atoms with E-state index in [0.717, 1.165) is 5.56 Å². The molecule has 2 fully saturated rings. The van der Waals surface area contributed by atoms with Gasteiger partial charge in [-0.3, -0.25) is 0 Å². The Hall–Kier alpha value is -2.79. The number of hydrogen-bond donors (Lipinski definition) is 2. The highest BCUT2D eigenvalue weighted by Crippen LogP contribution is 2.40. The van der Waals surface area contributed by atoms with Crippen LogP contribution in [0.3, 0.4) is 0 Å². The molecular formula is C25H26F6N2O3. The Morgan fingerprint density at radius 2 is 1.61 bits per heavy atom. The zero-order valence-electron chi connectivity index (χ0n) is 19.4. The lowest BCUT2D eigenvalue weighted by atomic mass is 9.75. The van der Waals surface area contributed by atoms with Crippen LogP contribution in [0.2, 0.25) is 0 Å². The molecule has 196 valence electrons. The summed E-state index contributed by atoms with van der Waals surface area (Å²) in [5.74, 6) is 0. The molecule has 4 rings (SSSR count). The number of rotatable bonds is 5. The van der Waals surface area contributed by atoms with Crippen molar-refractivity contribution in [3.05, 3.63) is 70.8 Å². The Morgan fingerprint density at radius 3 is 2.14 bits per heavy atom. The lowest BCUT2D eigenvalue weighted by Gasteiger charge is -2.49. The van der Waals surface area contributed by atoms with Gasteiger partial charge in [0.1, 0.15) is 0 Å². The van der Waals surface area contributed by atoms with Gasteiger partial charge >= 0.3 is 18.4 Å². The van der Waals surface area contributed by atoms with Crippen molar-refractivity contribution in [3.63, 3.8) is 0 Å². The summed E-state index contributed by atoms with van der Waals surface area (Å²) in [6.07, 6.45) is -9.70. The van der Waals surface area contributed by atoms with Gasteiger partial charge in [0.15, 0.2) is 0 Å². The molecule has 5 nitrogen and oxygen atoms in total. The number of halogens is 6. The molecule has 2 N–H and O–H groups in total. The molecule has 3 atom stereocenters. The van der Waals surface area contributed by atoms with Crippen molar-refractivity contribution in [2.75, 3.05) is 19.8 Å². The average molecular weight is 516 g/mol. The van der Waals surface area contributed by atoms with Crippen molar-refractivity contribution in [1.82, 2.24) is 10.6 Å². The summed E-state index contributed by atoms with van der Waals surface area (Å²) >= 11 is 0. The molecule has 0 radical (unpaired) electrons. The summed E-state index contributed by atoms with van der Waals surface area (Å²) in [6, 6.07) is 10.8. The molecule has 2 aromatic rings. The Balaban J connectivity index is 1.57. The van der Waals surface area contributed by atoms with Gasteiger partial charge in [0, 0.05) is 13.0 Å². The second-order valence-corrected chi connectivity index (χ2v) is 9.39. The zero-order chi connectivity index (χ0) is 26.2. The standard InChI is InChI=1S/C25H26F6N2O3/c1-16(17-11-19(24(26,27)28)13-20(12-17)25(29,30)31)36-15-23(18-5-3-2-4-6-18)8-7-22(14-32-23)9-10-35-21(34)33-22/h2-6,11-13,16,32H,7-10,14-15H2,1H3,(H,33,34). The fourth-order valence-electron chi connectivity index (χ4n) is 4.73. The highest BCUT2D eigenvalue weighted by molar-refractivity contribution is 5.69. The van der Waals surface area contributed by atoms with Gasteiger partial charge in [-0.15, -0.1) is 0 Å². The number of carbonyl (C=O) groups is 1. The van der Waals surface area contributed by atoms with E-state index >= 15 is 0 Å². The van der Waals surface area contributed by atoms with E-state index in [4.69, 9.17) is 9.47 Å². The Kier molecular flexibility index (Phi) is 7.00. The van der Waals surface area contributed by atoms with Crippen LogP contribution in [0.15, 0.2) is 48.5 Å². The maximum Gasteiger partial charge on any atom is 0.416 e. The van der Waals surface area contributed by atoms with Crippen molar-refractivity contribution < 1.29 is 40.6 Å². The summed E-state index contributed by atoms with van der Waals surface area (Å²) in [7, 11) is 0. The molecule has 1 spiro atoms. The minimum absolute atomic E-state index is 0.00367. The van der Waals surface area contributed by atoms with Crippen LogP contribution < -0.4 is 10.6 Å². The predicted octanol–water partition coefficient (Wildman–Crippen LogP) is 5.95. The molecule has 11 heteroatoms. The van der Waals surface area contributed by atoms with Gasteiger partial charge in [0.25, 0.3) is 0 Å². The van der Waals surface area contributed by atoms with Crippen LogP contribution in [-0.2, 0) is 27.4 Å². The van der Waals surface area contributed by atoms with E-state index < -0.39 is 46.8 Å². The molecule has 2 aliphatic rings. The van der Waals surface area contributed by atoms with E-state index in [2.05, 4.69) is 10.6 Å². The molecular weight excluding hydrogens is 490 g/mol. The van der Waals surface area contributed by atoms with E-state index in [0.29, 0.717) is 37.9 Å². The Bertz CT molecular complexity index is 1050. The smallest absolute Gasteiger partial charge is 0.416 e. The first-order valence-corrected chi connectivity index (χ1v) is 11.5. The van der Waals surface area contributed by atoms with Crippen LogP contribution in [0.1, 0.15) is 54.5 Å². The fourth-order valence-corrected chi connectivity index (χ4v) is 4.73. The molecule has 1 amide bonds. The molecule has 36 heavy (non-hydrogen) atoms. The van der Waals surface area contributed by atoms with Crippen molar-refractivity contribution in [1.29, 1.82) is 0 Å². The Morgan fingerprint density at radius 1 is 0.972 bits per heavy atom. The van der Waals surface area contributed by atoms with E-state index in [1.165, 1.54) is 6.92 Å². The number of hydrogen-bond acceptors (Lipinski definition) is 4. The molecule has 0 saturated carbocycles. The van der Waals surface area contributed by atoms with Crippen LogP contribution in [0.4, 0.5) is 31.1 Å². The van der Waals surface area contributed by atoms with Crippen LogP contribution in [-0.4, -0.2) is 31.4 Å². The lowest BCUT2D eigenvalue weighted by molar-refractivity contribution is -0.143. The van der Waals surface area contributed by atoms with Gasteiger partial charge in [0.2, 0.25) is 0 Å². The molecule has 2 saturated heterocycles. The number of piperidine rings is 1. The first-order chi connectivity index (χ1) is 16.8. The minimum Gasteiger partial charge on any atom is -0.449 e. The third-order valence-corrected chi connectivity index (χ3v) is 6.96. The molecule has 0 aliphatic carbocycles. The van der Waals surface area contributed by atoms with Crippen LogP contribution in [0.25, 0.3) is 0 Å². The number of alkyl halides is 6. The summed E-state index contributed by atoms with van der Waals surface area (Å²) < 4.78 is 90.7. The number of cyclic esters (lactones) is 1. The van der Waals surface area contributed by atoms with E-state index in [1.807, 2.05) is 30.3 Å². The molecule has 2 aromatic carbocycles. The summed E-state index contributed by atoms with van der Waals surface area (Å²) in [4.78, 5) is 11.8. The monoisotopic (exact) mass is 516 g/mol. The van der Waals surface area contributed by atoms with Gasteiger partial charge in [-0.25, -0.2) is 4.79 Å². The van der Waals surface area contributed by atoms with E-state index in [-0.39, 0.29) is 24.8 Å². The van der Waals surface area contributed by atoms with Crippen LogP contribution in [0.5, 0.6) is 0 Å². The van der Waals surface area contributed by atoms with Crippen molar-refractivity contribution in [3.8, 4) is 0 Å². The SMILES string of the molecule is CC(OCC1(c2ccccc2)CCC2(CCOC(=O)N2)CN1)c1cc(C(F)(F)F)cc(C(F)(F)F)c1. The van der Waals surface area contributed by atoms with Crippen molar-refractivity contribution >= 4 is 6.09 Å². The number of ether oxygens (including phenoxy) is 2. The number of alkyl carbamates (subject to hydrolysis) is 1. The summed E-state index contributed by atoms with van der Waals surface area (Å²) in [6.45, 7) is 2.11. The lowest BCUT2D eigenvalue weighted by Crippen LogP contribution is -2.66. The zero-order valence-corrected chi connectivity index (χ0v) is 19.4. The van der Waals surface area contributed by atoms with Crippen LogP contribution >= 0.6 is 0 Å². The number of nitrogens with one attached hydrogen (secondary N) is 2. The number of amides is 1. The normalized spacial score (nSPS) is 25.8. The molecule has 0 aromatic heterocycles. The van der Waals surface area contributed by atoms with Crippen molar-refractivity contribution in [2.24, 2.45) is 0 Å². The quantitative estimate of drug-likeness (QED) is 0.483. The van der Waals surface area contributed by atoms with Crippen molar-refractivity contribution in [2.45, 2.75) is 55.7 Å². The number of carbonyl (C=O) groups excluding carboxylic acids is 1. The highest BCUT2D eigenvalue weighted by atomic mass is 19.4. The highest BCUT2D eigenvalue weighted by Gasteiger charge is 2.46.